The summed E-state index contributed by atoms with van der Waals surface area (Å²) >= 11 is 0. The van der Waals surface area contributed by atoms with Gasteiger partial charge < -0.3 is 15.5 Å². The maximum atomic E-state index is 12.6. The number of hydrogen-bond donors (Lipinski definition) is 2. The Morgan fingerprint density at radius 3 is 2.35 bits per heavy atom. The summed E-state index contributed by atoms with van der Waals surface area (Å²) in [6, 6.07) is 1.23. The van der Waals surface area contributed by atoms with Gasteiger partial charge in [0.15, 0.2) is 0 Å². The van der Waals surface area contributed by atoms with Gasteiger partial charge in [-0.15, -0.1) is 12.4 Å². The van der Waals surface area contributed by atoms with Gasteiger partial charge in [0.05, 0.1) is 6.54 Å². The van der Waals surface area contributed by atoms with Crippen LogP contribution in [0.2, 0.25) is 0 Å². The van der Waals surface area contributed by atoms with Crippen molar-refractivity contribution < 1.29 is 9.59 Å². The van der Waals surface area contributed by atoms with Crippen LogP contribution in [-0.4, -0.2) is 48.4 Å². The fraction of sp³-hybridized carbons (Fsp3) is 0.882. The van der Waals surface area contributed by atoms with Gasteiger partial charge in [0, 0.05) is 31.6 Å². The molecule has 2 rings (SSSR count). The number of carbonyl (C=O) groups is 2. The molecule has 2 unspecified atom stereocenters. The number of carbonyl (C=O) groups excluding carboxylic acids is 2. The van der Waals surface area contributed by atoms with Gasteiger partial charge in [0.2, 0.25) is 11.8 Å². The molecule has 0 aliphatic carbocycles. The number of fused-ring (bicyclic) bond motifs is 2. The molecule has 134 valence electrons. The fourth-order valence-corrected chi connectivity index (χ4v) is 3.77. The molecule has 2 atom stereocenters. The topological polar surface area (TPSA) is 61.4 Å². The molecule has 0 aromatic carbocycles. The first-order valence-corrected chi connectivity index (χ1v) is 8.92. The van der Waals surface area contributed by atoms with Crippen molar-refractivity contribution in [1.29, 1.82) is 0 Å². The van der Waals surface area contributed by atoms with E-state index in [1.165, 1.54) is 12.8 Å². The molecule has 23 heavy (non-hydrogen) atoms. The van der Waals surface area contributed by atoms with Crippen molar-refractivity contribution in [2.45, 2.75) is 70.9 Å². The summed E-state index contributed by atoms with van der Waals surface area (Å²) in [5.74, 6) is 0.609. The van der Waals surface area contributed by atoms with E-state index in [0.717, 1.165) is 25.7 Å². The van der Waals surface area contributed by atoms with E-state index < -0.39 is 0 Å². The predicted octanol–water partition coefficient (Wildman–Crippen LogP) is 2.09. The number of halogens is 1. The molecular weight excluding hydrogens is 314 g/mol. The number of rotatable bonds is 8. The van der Waals surface area contributed by atoms with Gasteiger partial charge >= 0.3 is 0 Å². The molecule has 2 aliphatic rings. The zero-order valence-electron chi connectivity index (χ0n) is 14.5. The summed E-state index contributed by atoms with van der Waals surface area (Å²) in [6.45, 7) is 5.65. The highest BCUT2D eigenvalue weighted by Crippen LogP contribution is 2.32. The van der Waals surface area contributed by atoms with Gasteiger partial charge in [0.25, 0.3) is 0 Å². The van der Waals surface area contributed by atoms with Gasteiger partial charge in [-0.25, -0.2) is 0 Å². The number of amides is 2. The molecule has 0 spiro atoms. The van der Waals surface area contributed by atoms with Crippen LogP contribution in [-0.2, 0) is 9.59 Å². The smallest absolute Gasteiger partial charge is 0.239 e. The van der Waals surface area contributed by atoms with Crippen LogP contribution in [0, 0.1) is 5.92 Å². The molecule has 0 radical (unpaired) electrons. The van der Waals surface area contributed by atoms with E-state index in [0.29, 0.717) is 37.5 Å². The van der Waals surface area contributed by atoms with Crippen LogP contribution in [0.4, 0.5) is 0 Å². The maximum absolute atomic E-state index is 12.6. The minimum atomic E-state index is -0.0333. The van der Waals surface area contributed by atoms with Crippen molar-refractivity contribution in [2.24, 2.45) is 5.92 Å². The number of nitrogens with zero attached hydrogens (tertiary/aromatic N) is 1. The third kappa shape index (κ3) is 6.30. The van der Waals surface area contributed by atoms with Gasteiger partial charge in [0.1, 0.15) is 0 Å². The van der Waals surface area contributed by atoms with E-state index in [2.05, 4.69) is 17.6 Å². The number of piperidine rings is 1. The predicted molar refractivity (Wildman–Crippen MR) is 94.7 cm³/mol. The van der Waals surface area contributed by atoms with Crippen molar-refractivity contribution in [2.75, 3.05) is 19.6 Å². The summed E-state index contributed by atoms with van der Waals surface area (Å²) in [7, 11) is 0. The molecule has 2 heterocycles. The lowest BCUT2D eigenvalue weighted by Crippen LogP contribution is -2.43. The van der Waals surface area contributed by atoms with E-state index in [1.54, 1.807) is 4.90 Å². The standard InChI is InChI=1S/C17H31N3O2.ClH/c1-3-7-18-16(21)12-20(8-4-2)17(22)11-13-9-14-5-6-15(10-13)19-14;/h13-15,19H,3-12H2,1-2H3,(H,18,21);1H. The lowest BCUT2D eigenvalue weighted by Gasteiger charge is -2.30. The molecule has 0 aromatic heterocycles. The monoisotopic (exact) mass is 345 g/mol. The lowest BCUT2D eigenvalue weighted by molar-refractivity contribution is -0.137. The normalized spacial score (nSPS) is 25.6. The van der Waals surface area contributed by atoms with Crippen LogP contribution in [0.25, 0.3) is 0 Å². The third-order valence-electron chi connectivity index (χ3n) is 4.79. The molecule has 2 saturated heterocycles. The largest absolute Gasteiger partial charge is 0.355 e. The molecule has 2 aliphatic heterocycles. The highest BCUT2D eigenvalue weighted by Gasteiger charge is 2.34. The summed E-state index contributed by atoms with van der Waals surface area (Å²) in [5, 5.41) is 6.48. The van der Waals surface area contributed by atoms with E-state index in [-0.39, 0.29) is 30.8 Å². The summed E-state index contributed by atoms with van der Waals surface area (Å²) < 4.78 is 0. The molecule has 2 fully saturated rings. The van der Waals surface area contributed by atoms with Crippen molar-refractivity contribution >= 4 is 24.2 Å². The quantitative estimate of drug-likeness (QED) is 0.708. The first-order valence-electron chi connectivity index (χ1n) is 8.92. The van der Waals surface area contributed by atoms with Crippen LogP contribution in [0.5, 0.6) is 0 Å². The van der Waals surface area contributed by atoms with Crippen LogP contribution in [0.1, 0.15) is 58.8 Å². The molecule has 2 N–H and O–H groups in total. The van der Waals surface area contributed by atoms with Crippen LogP contribution >= 0.6 is 12.4 Å². The maximum Gasteiger partial charge on any atom is 0.239 e. The van der Waals surface area contributed by atoms with E-state index >= 15 is 0 Å². The Bertz CT molecular complexity index is 380. The van der Waals surface area contributed by atoms with Gasteiger partial charge in [-0.3, -0.25) is 9.59 Å². The average Bonchev–Trinajstić information content (AvgIpc) is 2.83. The van der Waals surface area contributed by atoms with E-state index in [1.807, 2.05) is 6.92 Å². The molecular formula is C17H32ClN3O2. The first kappa shape index (κ1) is 20.2. The van der Waals surface area contributed by atoms with Gasteiger partial charge in [-0.05, 0) is 44.4 Å². The Kier molecular flexibility index (Phi) is 8.92. The van der Waals surface area contributed by atoms with Crippen molar-refractivity contribution in [3.8, 4) is 0 Å². The Morgan fingerprint density at radius 1 is 1.13 bits per heavy atom. The molecule has 2 bridgehead atoms. The van der Waals surface area contributed by atoms with Crippen molar-refractivity contribution in [1.82, 2.24) is 15.5 Å². The Hall–Kier alpha value is -0.810. The summed E-state index contributed by atoms with van der Waals surface area (Å²) in [6.07, 6.45) is 7.17. The van der Waals surface area contributed by atoms with E-state index in [4.69, 9.17) is 0 Å². The SMILES string of the molecule is CCCNC(=O)CN(CCC)C(=O)CC1CC2CCC(C1)N2.Cl. The Balaban J connectivity index is 0.00000264. The van der Waals surface area contributed by atoms with Gasteiger partial charge in [-0.2, -0.15) is 0 Å². The number of hydrogen-bond acceptors (Lipinski definition) is 3. The highest BCUT2D eigenvalue weighted by molar-refractivity contribution is 5.85. The second-order valence-electron chi connectivity index (χ2n) is 6.84. The fourth-order valence-electron chi connectivity index (χ4n) is 3.77. The number of nitrogens with one attached hydrogen (secondary N) is 2. The van der Waals surface area contributed by atoms with Crippen LogP contribution in [0.15, 0.2) is 0 Å². The second kappa shape index (κ2) is 10.1. The van der Waals surface area contributed by atoms with Crippen molar-refractivity contribution in [3.63, 3.8) is 0 Å². The Morgan fingerprint density at radius 2 is 1.78 bits per heavy atom. The molecule has 0 aromatic rings. The van der Waals surface area contributed by atoms with Crippen LogP contribution in [0.3, 0.4) is 0 Å². The zero-order chi connectivity index (χ0) is 15.9. The average molecular weight is 346 g/mol. The second-order valence-corrected chi connectivity index (χ2v) is 6.84. The molecule has 5 nitrogen and oxygen atoms in total. The lowest BCUT2D eigenvalue weighted by atomic mass is 9.89. The zero-order valence-corrected chi connectivity index (χ0v) is 15.3. The summed E-state index contributed by atoms with van der Waals surface area (Å²) in [5.41, 5.74) is 0. The summed E-state index contributed by atoms with van der Waals surface area (Å²) in [4.78, 5) is 26.2. The Labute approximate surface area is 146 Å². The minimum absolute atomic E-state index is 0. The first-order chi connectivity index (χ1) is 10.6. The van der Waals surface area contributed by atoms with Crippen molar-refractivity contribution in [3.05, 3.63) is 0 Å². The third-order valence-corrected chi connectivity index (χ3v) is 4.79. The van der Waals surface area contributed by atoms with Gasteiger partial charge in [-0.1, -0.05) is 13.8 Å². The minimum Gasteiger partial charge on any atom is -0.355 e. The highest BCUT2D eigenvalue weighted by atomic mass is 35.5. The molecule has 0 saturated carbocycles. The molecule has 6 heteroatoms. The van der Waals surface area contributed by atoms with Crippen LogP contribution < -0.4 is 10.6 Å². The molecule has 2 amide bonds. The van der Waals surface area contributed by atoms with E-state index in [9.17, 15) is 9.59 Å².